The molecular formula is C29H37Cl2N3O5S. The number of rotatable bonds is 9. The van der Waals surface area contributed by atoms with Crippen LogP contribution in [0.1, 0.15) is 49.8 Å². The summed E-state index contributed by atoms with van der Waals surface area (Å²) in [6.45, 7) is 6.26. The Morgan fingerprint density at radius 3 is 2.27 bits per heavy atom. The van der Waals surface area contributed by atoms with E-state index in [1.807, 2.05) is 42.5 Å². The van der Waals surface area contributed by atoms with Gasteiger partial charge in [0.25, 0.3) is 0 Å². The fourth-order valence-electron chi connectivity index (χ4n) is 6.34. The van der Waals surface area contributed by atoms with Crippen LogP contribution in [0.2, 0.25) is 10.0 Å². The number of carbonyl (C=O) groups excluding carboxylic acids is 1. The first-order valence-electron chi connectivity index (χ1n) is 13.6. The standard InChI is InChI=1S/C29H37Cl2N3O5S/c1-18(27-25(21-5-4-6-24(31)15-21)16-22(17-26(35)36)29(37)32-27)19(2)28(20-7-9-23(30)10-8-20)33-11-13-34(14-12-33)40(3,38)39/h4-10,15,18-19,22,25,27-28H,11-14,16-17H2,1-3H3,(H,32,37)(H,35,36)/t18?,19?,22-,25-,27+,28?/m1/s1. The summed E-state index contributed by atoms with van der Waals surface area (Å²) < 4.78 is 25.8. The number of halogens is 2. The zero-order valence-electron chi connectivity index (χ0n) is 23.0. The van der Waals surface area contributed by atoms with Crippen molar-refractivity contribution in [1.82, 2.24) is 14.5 Å². The Hall–Kier alpha value is -2.17. The fourth-order valence-corrected chi connectivity index (χ4v) is 7.49. The number of carboxylic acid groups (broad SMARTS) is 1. The smallest absolute Gasteiger partial charge is 0.304 e. The number of hydrogen-bond donors (Lipinski definition) is 2. The third-order valence-electron chi connectivity index (χ3n) is 8.59. The second-order valence-electron chi connectivity index (χ2n) is 11.1. The number of carbonyl (C=O) groups is 2. The highest BCUT2D eigenvalue weighted by molar-refractivity contribution is 7.88. The number of nitrogens with one attached hydrogen (secondary N) is 1. The Bertz CT molecular complexity index is 1320. The van der Waals surface area contributed by atoms with Gasteiger partial charge in [-0.2, -0.15) is 4.31 Å². The Morgan fingerprint density at radius 1 is 1.05 bits per heavy atom. The molecule has 2 aromatic carbocycles. The number of nitrogens with zero attached hydrogens (tertiary/aromatic N) is 2. The van der Waals surface area contributed by atoms with Gasteiger partial charge in [0.05, 0.1) is 12.7 Å². The third-order valence-corrected chi connectivity index (χ3v) is 10.4. The first kappa shape index (κ1) is 30.8. The van der Waals surface area contributed by atoms with Gasteiger partial charge in [-0.1, -0.05) is 61.3 Å². The van der Waals surface area contributed by atoms with Crippen LogP contribution in [0.4, 0.5) is 0 Å². The minimum atomic E-state index is -3.27. The zero-order valence-corrected chi connectivity index (χ0v) is 25.3. The molecule has 218 valence electrons. The van der Waals surface area contributed by atoms with Gasteiger partial charge in [0.2, 0.25) is 15.9 Å². The monoisotopic (exact) mass is 609 g/mol. The van der Waals surface area contributed by atoms with E-state index < -0.39 is 21.9 Å². The molecule has 2 fully saturated rings. The molecule has 0 radical (unpaired) electrons. The summed E-state index contributed by atoms with van der Waals surface area (Å²) in [5.41, 5.74) is 2.04. The lowest BCUT2D eigenvalue weighted by molar-refractivity contribution is -0.142. The lowest BCUT2D eigenvalue weighted by Crippen LogP contribution is -2.55. The average molecular weight is 611 g/mol. The summed E-state index contributed by atoms with van der Waals surface area (Å²) in [4.78, 5) is 27.0. The minimum absolute atomic E-state index is 0.0210. The number of sulfonamides is 1. The quantitative estimate of drug-likeness (QED) is 0.429. The van der Waals surface area contributed by atoms with E-state index in [2.05, 4.69) is 24.1 Å². The van der Waals surface area contributed by atoms with Gasteiger partial charge in [0.1, 0.15) is 0 Å². The van der Waals surface area contributed by atoms with E-state index in [0.29, 0.717) is 42.6 Å². The van der Waals surface area contributed by atoms with E-state index >= 15 is 0 Å². The molecule has 0 saturated carbocycles. The predicted octanol–water partition coefficient (Wildman–Crippen LogP) is 4.65. The van der Waals surface area contributed by atoms with Crippen LogP contribution in [-0.2, 0) is 19.6 Å². The van der Waals surface area contributed by atoms with E-state index in [1.54, 1.807) is 6.07 Å². The first-order chi connectivity index (χ1) is 18.8. The molecule has 2 saturated heterocycles. The third kappa shape index (κ3) is 7.18. The van der Waals surface area contributed by atoms with Crippen LogP contribution in [0.25, 0.3) is 0 Å². The highest BCUT2D eigenvalue weighted by Crippen LogP contribution is 2.43. The highest BCUT2D eigenvalue weighted by atomic mass is 35.5. The van der Waals surface area contributed by atoms with Gasteiger partial charge in [-0.3, -0.25) is 14.5 Å². The lowest BCUT2D eigenvalue weighted by atomic mass is 9.70. The van der Waals surface area contributed by atoms with Crippen molar-refractivity contribution < 1.29 is 23.1 Å². The molecule has 0 aliphatic carbocycles. The molecule has 2 aliphatic heterocycles. The summed E-state index contributed by atoms with van der Waals surface area (Å²) in [7, 11) is -3.27. The van der Waals surface area contributed by atoms with Crippen LogP contribution in [-0.4, -0.2) is 73.1 Å². The largest absolute Gasteiger partial charge is 0.481 e. The first-order valence-corrected chi connectivity index (χ1v) is 16.2. The van der Waals surface area contributed by atoms with E-state index in [0.717, 1.165) is 11.1 Å². The zero-order chi connectivity index (χ0) is 29.2. The summed E-state index contributed by atoms with van der Waals surface area (Å²) in [5.74, 6) is -1.97. The highest BCUT2D eigenvalue weighted by Gasteiger charge is 2.43. The van der Waals surface area contributed by atoms with Gasteiger partial charge in [-0.25, -0.2) is 8.42 Å². The van der Waals surface area contributed by atoms with Gasteiger partial charge in [-0.05, 0) is 53.6 Å². The topological polar surface area (TPSA) is 107 Å². The number of amides is 1. The van der Waals surface area contributed by atoms with Gasteiger partial charge in [-0.15, -0.1) is 0 Å². The van der Waals surface area contributed by atoms with Gasteiger partial charge < -0.3 is 10.4 Å². The number of carboxylic acids is 1. The van der Waals surface area contributed by atoms with E-state index in [4.69, 9.17) is 23.2 Å². The molecule has 11 heteroatoms. The van der Waals surface area contributed by atoms with E-state index in [1.165, 1.54) is 10.6 Å². The molecule has 2 aromatic rings. The van der Waals surface area contributed by atoms with E-state index in [-0.39, 0.29) is 42.2 Å². The molecule has 0 bridgehead atoms. The number of aliphatic carboxylic acids is 1. The van der Waals surface area contributed by atoms with Crippen LogP contribution in [0.3, 0.4) is 0 Å². The van der Waals surface area contributed by atoms with Crippen molar-refractivity contribution in [3.63, 3.8) is 0 Å². The molecular weight excluding hydrogens is 573 g/mol. The Kier molecular flexibility index (Phi) is 9.83. The molecule has 0 aromatic heterocycles. The Balaban J connectivity index is 1.66. The molecule has 40 heavy (non-hydrogen) atoms. The van der Waals surface area contributed by atoms with Crippen LogP contribution >= 0.6 is 23.2 Å². The maximum Gasteiger partial charge on any atom is 0.304 e. The molecule has 1 amide bonds. The molecule has 2 N–H and O–H groups in total. The summed E-state index contributed by atoms with van der Waals surface area (Å²) in [6.07, 6.45) is 1.43. The molecule has 0 spiro atoms. The van der Waals surface area contributed by atoms with Crippen LogP contribution in [0.15, 0.2) is 48.5 Å². The summed E-state index contributed by atoms with van der Waals surface area (Å²) in [6, 6.07) is 15.0. The normalized spacial score (nSPS) is 25.1. The van der Waals surface area contributed by atoms with Crippen molar-refractivity contribution in [2.45, 2.75) is 44.7 Å². The van der Waals surface area contributed by atoms with Gasteiger partial charge in [0, 0.05) is 60.1 Å². The van der Waals surface area contributed by atoms with Crippen molar-refractivity contribution in [1.29, 1.82) is 0 Å². The van der Waals surface area contributed by atoms with Crippen LogP contribution < -0.4 is 5.32 Å². The maximum absolute atomic E-state index is 13.1. The second-order valence-corrected chi connectivity index (χ2v) is 14.0. The SMILES string of the molecule is CC(C(C)[C@@H]1NC(=O)[C@@H](CC(=O)O)C[C@@H]1c1cccc(Cl)c1)C(c1ccc(Cl)cc1)N1CCN(S(C)(=O)=O)CC1. The van der Waals surface area contributed by atoms with Crippen molar-refractivity contribution in [2.75, 3.05) is 32.4 Å². The fraction of sp³-hybridized carbons (Fsp3) is 0.517. The number of benzene rings is 2. The molecule has 6 atom stereocenters. The molecule has 8 nitrogen and oxygen atoms in total. The summed E-state index contributed by atoms with van der Waals surface area (Å²) in [5, 5.41) is 13.8. The van der Waals surface area contributed by atoms with Crippen molar-refractivity contribution in [2.24, 2.45) is 17.8 Å². The molecule has 3 unspecified atom stereocenters. The summed E-state index contributed by atoms with van der Waals surface area (Å²) >= 11 is 12.6. The van der Waals surface area contributed by atoms with Crippen LogP contribution in [0, 0.1) is 17.8 Å². The number of hydrogen-bond acceptors (Lipinski definition) is 5. The van der Waals surface area contributed by atoms with Crippen molar-refractivity contribution >= 4 is 45.1 Å². The predicted molar refractivity (Wildman–Crippen MR) is 157 cm³/mol. The second kappa shape index (κ2) is 12.8. The van der Waals surface area contributed by atoms with Crippen molar-refractivity contribution in [3.8, 4) is 0 Å². The minimum Gasteiger partial charge on any atom is -0.481 e. The molecule has 4 rings (SSSR count). The van der Waals surface area contributed by atoms with Crippen LogP contribution in [0.5, 0.6) is 0 Å². The Labute approximate surface area is 246 Å². The number of piperazine rings is 1. The lowest BCUT2D eigenvalue weighted by Gasteiger charge is -2.46. The number of piperidine rings is 1. The van der Waals surface area contributed by atoms with E-state index in [9.17, 15) is 23.1 Å². The molecule has 2 aliphatic rings. The maximum atomic E-state index is 13.1. The molecule has 2 heterocycles. The van der Waals surface area contributed by atoms with Crippen molar-refractivity contribution in [3.05, 3.63) is 69.7 Å². The Morgan fingerprint density at radius 2 is 1.70 bits per heavy atom. The average Bonchev–Trinajstić information content (AvgIpc) is 2.90. The van der Waals surface area contributed by atoms with Gasteiger partial charge >= 0.3 is 5.97 Å². The van der Waals surface area contributed by atoms with Gasteiger partial charge in [0.15, 0.2) is 0 Å².